The summed E-state index contributed by atoms with van der Waals surface area (Å²) >= 11 is 3.04. The fraction of sp³-hybridized carbons (Fsp3) is 0.600. The molecule has 0 amide bonds. The maximum atomic E-state index is 10.5. The molecule has 6 heteroatoms. The third-order valence-electron chi connectivity index (χ3n) is 2.28. The Labute approximate surface area is 104 Å². The van der Waals surface area contributed by atoms with Crippen molar-refractivity contribution in [2.45, 2.75) is 25.1 Å². The zero-order valence-corrected chi connectivity index (χ0v) is 11.1. The van der Waals surface area contributed by atoms with Gasteiger partial charge in [0, 0.05) is 23.2 Å². The molecule has 1 atom stereocenters. The van der Waals surface area contributed by atoms with Crippen LogP contribution in [-0.2, 0) is 6.54 Å². The molecule has 0 saturated carbocycles. The highest BCUT2D eigenvalue weighted by Crippen LogP contribution is 2.22. The second-order valence-electron chi connectivity index (χ2n) is 3.56. The van der Waals surface area contributed by atoms with Gasteiger partial charge in [-0.05, 0) is 24.8 Å². The fourth-order valence-electron chi connectivity index (χ4n) is 1.21. The van der Waals surface area contributed by atoms with Gasteiger partial charge >= 0.3 is 5.00 Å². The molecule has 0 saturated heterocycles. The second kappa shape index (κ2) is 6.88. The van der Waals surface area contributed by atoms with Crippen LogP contribution >= 0.6 is 23.1 Å². The molecule has 1 N–H and O–H groups in total. The average molecular weight is 260 g/mol. The first-order valence-electron chi connectivity index (χ1n) is 5.08. The lowest BCUT2D eigenvalue weighted by Gasteiger charge is -2.07. The van der Waals surface area contributed by atoms with Gasteiger partial charge in [0.15, 0.2) is 0 Å². The van der Waals surface area contributed by atoms with E-state index in [1.54, 1.807) is 6.07 Å². The van der Waals surface area contributed by atoms with Crippen LogP contribution in [0, 0.1) is 10.1 Å². The molecule has 90 valence electrons. The summed E-state index contributed by atoms with van der Waals surface area (Å²) in [5, 5.41) is 16.5. The van der Waals surface area contributed by atoms with Gasteiger partial charge in [0.1, 0.15) is 0 Å². The maximum Gasteiger partial charge on any atom is 0.324 e. The van der Waals surface area contributed by atoms with E-state index in [4.69, 9.17) is 0 Å². The largest absolute Gasteiger partial charge is 0.324 e. The van der Waals surface area contributed by atoms with Crippen molar-refractivity contribution in [2.24, 2.45) is 0 Å². The van der Waals surface area contributed by atoms with Crippen LogP contribution in [0.4, 0.5) is 5.00 Å². The Kier molecular flexibility index (Phi) is 5.79. The van der Waals surface area contributed by atoms with Crippen LogP contribution in [0.25, 0.3) is 0 Å². The molecule has 0 bridgehead atoms. The molecule has 0 aliphatic carbocycles. The highest BCUT2D eigenvalue weighted by atomic mass is 32.2. The first-order valence-corrected chi connectivity index (χ1v) is 7.25. The van der Waals surface area contributed by atoms with Crippen molar-refractivity contribution in [3.63, 3.8) is 0 Å². The van der Waals surface area contributed by atoms with Gasteiger partial charge in [-0.3, -0.25) is 10.1 Å². The Balaban J connectivity index is 2.24. The number of hydrogen-bond donors (Lipinski definition) is 1. The van der Waals surface area contributed by atoms with E-state index in [1.165, 1.54) is 11.3 Å². The van der Waals surface area contributed by atoms with E-state index < -0.39 is 0 Å². The maximum absolute atomic E-state index is 10.5. The molecular weight excluding hydrogens is 244 g/mol. The van der Waals surface area contributed by atoms with Crippen molar-refractivity contribution in [3.8, 4) is 0 Å². The molecule has 16 heavy (non-hydrogen) atoms. The summed E-state index contributed by atoms with van der Waals surface area (Å²) in [6.45, 7) is 3.86. The number of hydrogen-bond acceptors (Lipinski definition) is 5. The Bertz CT molecular complexity index is 341. The minimum absolute atomic E-state index is 0.217. The van der Waals surface area contributed by atoms with E-state index in [0.29, 0.717) is 11.8 Å². The predicted molar refractivity (Wildman–Crippen MR) is 70.3 cm³/mol. The Morgan fingerprint density at radius 2 is 2.44 bits per heavy atom. The van der Waals surface area contributed by atoms with Crippen LogP contribution in [-0.4, -0.2) is 23.0 Å². The Morgan fingerprint density at radius 1 is 1.69 bits per heavy atom. The SMILES string of the molecule is CSC(C)CCNCc1csc([N+](=O)[O-])c1. The van der Waals surface area contributed by atoms with E-state index >= 15 is 0 Å². The van der Waals surface area contributed by atoms with Crippen molar-refractivity contribution in [3.05, 3.63) is 27.1 Å². The third-order valence-corrected chi connectivity index (χ3v) is 4.25. The van der Waals surface area contributed by atoms with Crippen molar-refractivity contribution in [1.82, 2.24) is 5.32 Å². The summed E-state index contributed by atoms with van der Waals surface area (Å²) in [5.41, 5.74) is 0.994. The number of thioether (sulfide) groups is 1. The summed E-state index contributed by atoms with van der Waals surface area (Å²) in [6.07, 6.45) is 3.22. The van der Waals surface area contributed by atoms with Crippen molar-refractivity contribution >= 4 is 28.1 Å². The Morgan fingerprint density at radius 3 is 3.00 bits per heavy atom. The highest BCUT2D eigenvalue weighted by Gasteiger charge is 2.08. The molecule has 1 heterocycles. The molecule has 0 aliphatic rings. The second-order valence-corrected chi connectivity index (χ2v) is 5.73. The number of rotatable bonds is 7. The van der Waals surface area contributed by atoms with E-state index in [2.05, 4.69) is 18.5 Å². The van der Waals surface area contributed by atoms with Gasteiger partial charge in [0.2, 0.25) is 0 Å². The van der Waals surface area contributed by atoms with E-state index in [-0.39, 0.29) is 9.92 Å². The van der Waals surface area contributed by atoms with Gasteiger partial charge < -0.3 is 5.32 Å². The number of thiophene rings is 1. The lowest BCUT2D eigenvalue weighted by Crippen LogP contribution is -2.17. The normalized spacial score (nSPS) is 12.6. The van der Waals surface area contributed by atoms with Gasteiger partial charge in [0.05, 0.1) is 4.92 Å². The third kappa shape index (κ3) is 4.51. The van der Waals surface area contributed by atoms with Crippen LogP contribution in [0.1, 0.15) is 18.9 Å². The van der Waals surface area contributed by atoms with Gasteiger partial charge in [0.25, 0.3) is 0 Å². The van der Waals surface area contributed by atoms with Crippen molar-refractivity contribution in [2.75, 3.05) is 12.8 Å². The molecule has 0 spiro atoms. The lowest BCUT2D eigenvalue weighted by atomic mass is 10.3. The summed E-state index contributed by atoms with van der Waals surface area (Å²) in [7, 11) is 0. The quantitative estimate of drug-likeness (QED) is 0.465. The van der Waals surface area contributed by atoms with Crippen LogP contribution < -0.4 is 5.32 Å². The van der Waals surface area contributed by atoms with Crippen LogP contribution in [0.3, 0.4) is 0 Å². The molecule has 1 aromatic heterocycles. The van der Waals surface area contributed by atoms with E-state index in [1.807, 2.05) is 17.1 Å². The van der Waals surface area contributed by atoms with E-state index in [9.17, 15) is 10.1 Å². The number of nitrogens with zero attached hydrogens (tertiary/aromatic N) is 1. The van der Waals surface area contributed by atoms with Crippen LogP contribution in [0.15, 0.2) is 11.4 Å². The van der Waals surface area contributed by atoms with E-state index in [0.717, 1.165) is 18.5 Å². The molecule has 1 aromatic rings. The Hall–Kier alpha value is -0.590. The molecule has 0 radical (unpaired) electrons. The molecule has 0 aliphatic heterocycles. The summed E-state index contributed by atoms with van der Waals surface area (Å²) in [5.74, 6) is 0. The van der Waals surface area contributed by atoms with Gasteiger partial charge in [-0.15, -0.1) is 0 Å². The summed E-state index contributed by atoms with van der Waals surface area (Å²) in [4.78, 5) is 10.1. The fourth-order valence-corrected chi connectivity index (χ4v) is 2.29. The molecule has 4 nitrogen and oxygen atoms in total. The lowest BCUT2D eigenvalue weighted by molar-refractivity contribution is -0.380. The monoisotopic (exact) mass is 260 g/mol. The topological polar surface area (TPSA) is 55.2 Å². The molecule has 0 aromatic carbocycles. The molecule has 1 unspecified atom stereocenters. The highest BCUT2D eigenvalue weighted by molar-refractivity contribution is 7.99. The number of nitrogens with one attached hydrogen (secondary N) is 1. The smallest absolute Gasteiger partial charge is 0.313 e. The summed E-state index contributed by atoms with van der Waals surface area (Å²) in [6, 6.07) is 1.63. The minimum atomic E-state index is -0.343. The first-order chi connectivity index (χ1) is 7.63. The zero-order chi connectivity index (χ0) is 12.0. The standard InChI is InChI=1S/C10H16N2O2S2/c1-8(15-2)3-4-11-6-9-5-10(12(13)14)16-7-9/h5,7-8,11H,3-4,6H2,1-2H3. The minimum Gasteiger partial charge on any atom is -0.313 e. The number of nitro groups is 1. The predicted octanol–water partition coefficient (Wildman–Crippen LogP) is 2.89. The molecular formula is C10H16N2O2S2. The van der Waals surface area contributed by atoms with Gasteiger partial charge in [-0.25, -0.2) is 0 Å². The average Bonchev–Trinajstić information content (AvgIpc) is 2.72. The first kappa shape index (κ1) is 13.5. The summed E-state index contributed by atoms with van der Waals surface area (Å²) < 4.78 is 0. The van der Waals surface area contributed by atoms with Gasteiger partial charge in [-0.1, -0.05) is 18.3 Å². The van der Waals surface area contributed by atoms with Gasteiger partial charge in [-0.2, -0.15) is 11.8 Å². The molecule has 0 fully saturated rings. The van der Waals surface area contributed by atoms with Crippen molar-refractivity contribution in [1.29, 1.82) is 0 Å². The van der Waals surface area contributed by atoms with Crippen molar-refractivity contribution < 1.29 is 4.92 Å². The zero-order valence-electron chi connectivity index (χ0n) is 9.43. The van der Waals surface area contributed by atoms with Crippen LogP contribution in [0.5, 0.6) is 0 Å². The van der Waals surface area contributed by atoms with Crippen LogP contribution in [0.2, 0.25) is 0 Å². The molecule has 1 rings (SSSR count).